The second kappa shape index (κ2) is 27.4. The second-order valence-electron chi connectivity index (χ2n) is 26.1. The van der Waals surface area contributed by atoms with Gasteiger partial charge in [0, 0.05) is 87.6 Å². The van der Waals surface area contributed by atoms with E-state index in [4.69, 9.17) is 59.8 Å². The van der Waals surface area contributed by atoms with E-state index in [1.165, 1.54) is 0 Å². The number of benzene rings is 10. The molecule has 4 aliphatic rings. The van der Waals surface area contributed by atoms with Crippen LogP contribution < -0.4 is 19.7 Å². The number of aromatic amines is 2. The molecule has 10 heterocycles. The Labute approximate surface area is 639 Å². The van der Waals surface area contributed by atoms with E-state index < -0.39 is 44.4 Å². The average molecular weight is 1540 g/mol. The molecule has 16 bridgehead atoms. The van der Waals surface area contributed by atoms with Crippen LogP contribution in [0.5, 0.6) is 0 Å². The van der Waals surface area contributed by atoms with Crippen molar-refractivity contribution in [3.63, 3.8) is 0 Å². The molecule has 20 rings (SSSR count). The van der Waals surface area contributed by atoms with Gasteiger partial charge in [-0.25, -0.2) is 59.8 Å². The van der Waals surface area contributed by atoms with Crippen molar-refractivity contribution in [1.29, 1.82) is 0 Å². The van der Waals surface area contributed by atoms with E-state index in [1.807, 2.05) is 146 Å². The Hall–Kier alpha value is -13.8. The van der Waals surface area contributed by atoms with Crippen molar-refractivity contribution in [3.8, 4) is 91.1 Å². The molecule has 539 valence electrons. The van der Waals surface area contributed by atoms with Gasteiger partial charge in [-0.2, -0.15) is 34.2 Å². The second-order valence-corrected chi connectivity index (χ2v) is 29.2. The summed E-state index contributed by atoms with van der Waals surface area (Å²) >= 11 is 0. The van der Waals surface area contributed by atoms with Gasteiger partial charge in [0.05, 0.1) is 24.0 Å². The van der Waals surface area contributed by atoms with Crippen LogP contribution in [0.15, 0.2) is 255 Å². The van der Waals surface area contributed by atoms with Gasteiger partial charge in [-0.15, -0.1) is 0 Å². The van der Waals surface area contributed by atoms with Crippen molar-refractivity contribution in [2.45, 2.75) is 24.9 Å². The number of aliphatic carboxylic acids is 2. The molecule has 1 radical (unpaired) electrons. The number of hydrogen-bond donors (Lipinski definition) is 4. The minimum Gasteiger partial charge on any atom is -0.548 e. The molecule has 0 saturated carbocycles. The summed E-state index contributed by atoms with van der Waals surface area (Å²) in [5, 5.41) is 30.0. The molecule has 0 spiro atoms. The van der Waals surface area contributed by atoms with E-state index in [-0.39, 0.29) is 75.5 Å². The van der Waals surface area contributed by atoms with E-state index in [0.29, 0.717) is 123 Å². The fraction of sp³-hybridized carbons (Fsp3) is 0.0488. The van der Waals surface area contributed by atoms with E-state index in [0.717, 1.165) is 29.5 Å². The fourth-order valence-corrected chi connectivity index (χ4v) is 17.1. The third-order valence-corrected chi connectivity index (χ3v) is 22.2. The molecule has 4 aliphatic heterocycles. The number of carbonyl (C=O) groups excluding carboxylic acids is 2. The molecule has 0 fully saturated rings. The van der Waals surface area contributed by atoms with Gasteiger partial charge in [0.15, 0.2) is 69.2 Å². The largest absolute Gasteiger partial charge is 2.00 e. The van der Waals surface area contributed by atoms with Gasteiger partial charge in [-0.05, 0) is 24.0 Å². The predicted octanol–water partition coefficient (Wildman–Crippen LogP) is 10.8. The van der Waals surface area contributed by atoms with Crippen LogP contribution >= 0.6 is 0 Å². The Morgan fingerprint density at radius 1 is 0.288 bits per heavy atom. The number of H-pyrrole nitrogens is 2. The van der Waals surface area contributed by atoms with E-state index >= 15 is 0 Å². The summed E-state index contributed by atoms with van der Waals surface area (Å²) in [6.07, 6.45) is -0.341. The molecule has 0 aliphatic carbocycles. The van der Waals surface area contributed by atoms with E-state index in [9.17, 15) is 36.6 Å². The maximum Gasteiger partial charge on any atom is 2.00 e. The van der Waals surface area contributed by atoms with Crippen molar-refractivity contribution in [2.24, 2.45) is 0 Å². The minimum absolute atomic E-state index is 0. The van der Waals surface area contributed by atoms with E-state index in [2.05, 4.69) is 19.4 Å². The molecule has 0 amide bonds. The van der Waals surface area contributed by atoms with Gasteiger partial charge in [0.25, 0.3) is 0 Å². The fourth-order valence-electron chi connectivity index (χ4n) is 14.3. The first-order valence-electron chi connectivity index (χ1n) is 34.6. The van der Waals surface area contributed by atoms with Crippen molar-refractivity contribution in [1.82, 2.24) is 87.2 Å². The zero-order valence-electron chi connectivity index (χ0n) is 57.5. The predicted molar refractivity (Wildman–Crippen MR) is 412 cm³/mol. The molecule has 26 nitrogen and oxygen atoms in total. The van der Waals surface area contributed by atoms with Crippen LogP contribution in [0.1, 0.15) is 11.1 Å². The first-order valence-corrected chi connectivity index (χ1v) is 37.5. The van der Waals surface area contributed by atoms with E-state index in [1.54, 1.807) is 109 Å². The Bertz CT molecular complexity index is 6470. The third kappa shape index (κ3) is 12.2. The monoisotopic (exact) mass is 1540 g/mol. The molecule has 2 atom stereocenters. The molecule has 4 N–H and O–H groups in total. The van der Waals surface area contributed by atoms with Crippen LogP contribution in [-0.4, -0.2) is 119 Å². The van der Waals surface area contributed by atoms with Crippen LogP contribution in [0.3, 0.4) is 0 Å². The standard InChI is InChI=1S/2C41H27N9O4S.Co/c2*51-41(52)32(22-23-12-2-1-3-13-23)49-55(53,54)50-39-30-20-10-11-21-31(30)40(50)48-38-29-19-9-7-17-27(29)36(46-38)44-34-25-15-5-4-14-24(25)33(42-34)43-35-26-16-6-8-18-28(26)37(45-35)47-39;/h2*1-21,32,49H,22H2,(H,51,52)(H,42,43,44,45,46,47,48);/q;;+2/p-2. The summed E-state index contributed by atoms with van der Waals surface area (Å²) in [7, 11) is -9.58. The maximum absolute atomic E-state index is 14.8. The molecule has 6 aromatic heterocycles. The van der Waals surface area contributed by atoms with Gasteiger partial charge in [0.2, 0.25) is 0 Å². The number of nitrogens with one attached hydrogen (secondary N) is 4. The topological polar surface area (TPSA) is 369 Å². The van der Waals surface area contributed by atoms with Gasteiger partial charge < -0.3 is 29.8 Å². The number of carboxylic acids is 2. The van der Waals surface area contributed by atoms with Gasteiger partial charge >= 0.3 is 37.2 Å². The Morgan fingerprint density at radius 2 is 0.486 bits per heavy atom. The minimum atomic E-state index is -4.79. The Balaban J connectivity index is 0.000000154. The summed E-state index contributed by atoms with van der Waals surface area (Å²) in [5.41, 5.74) is 8.31. The summed E-state index contributed by atoms with van der Waals surface area (Å²) < 4.78 is 65.8. The molecule has 111 heavy (non-hydrogen) atoms. The number of carboxylic acid groups (broad SMARTS) is 2. The van der Waals surface area contributed by atoms with Crippen LogP contribution in [0.2, 0.25) is 0 Å². The van der Waals surface area contributed by atoms with Gasteiger partial charge in [0.1, 0.15) is 22.6 Å². The first kappa shape index (κ1) is 69.0. The SMILES string of the molecule is O=C([O-])C(Cc1ccccc1)NS(=O)(=O)n1c2nc3nc(nc4[nH]c(nc5nc(nc1c1ccccc12)-c1ccccc1-5)c1ccccc41)-c1ccccc1-3.O=C([O-])C(Cc1ccccc1)NS(=O)(=O)n1c2nc3nc(nc4[nH]c(nc5nc(nc1c1ccccc12)-c1ccccc1-5)c1ccccc41)-c1ccccc1-3.[Co+2]. The smallest absolute Gasteiger partial charge is 0.548 e. The number of aromatic nitrogens is 16. The third-order valence-electron chi connectivity index (χ3n) is 19.3. The van der Waals surface area contributed by atoms with Crippen molar-refractivity contribution in [3.05, 3.63) is 266 Å². The summed E-state index contributed by atoms with van der Waals surface area (Å²) in [5.74, 6) is -0.970. The van der Waals surface area contributed by atoms with Crippen molar-refractivity contribution >= 4 is 121 Å². The Morgan fingerprint density at radius 3 is 0.712 bits per heavy atom. The molecular formula is C82H52CoN18O8S2. The maximum atomic E-state index is 14.8. The average Bonchev–Trinajstić information content (AvgIpc) is 1.58. The van der Waals surface area contributed by atoms with Gasteiger partial charge in [-0.3, -0.25) is 0 Å². The zero-order chi connectivity index (χ0) is 74.5. The molecule has 29 heteroatoms. The van der Waals surface area contributed by atoms with Crippen LogP contribution in [0.4, 0.5) is 0 Å². The normalized spacial score (nSPS) is 12.6. The summed E-state index contributed by atoms with van der Waals surface area (Å²) in [6.45, 7) is 0. The number of rotatable bonds is 12. The molecule has 16 aromatic rings. The number of nitrogens with zero attached hydrogens (tertiary/aromatic N) is 14. The van der Waals surface area contributed by atoms with Crippen LogP contribution in [0, 0.1) is 0 Å². The summed E-state index contributed by atoms with van der Waals surface area (Å²) in [6, 6.07) is 73.2. The van der Waals surface area contributed by atoms with Crippen molar-refractivity contribution in [2.75, 3.05) is 0 Å². The molecule has 0 saturated heterocycles. The number of hydrogen-bond acceptors (Lipinski definition) is 20. The first-order chi connectivity index (χ1) is 53.6. The van der Waals surface area contributed by atoms with Gasteiger partial charge in [-0.1, -0.05) is 255 Å². The van der Waals surface area contributed by atoms with Crippen LogP contribution in [-0.2, 0) is 59.6 Å². The summed E-state index contributed by atoms with van der Waals surface area (Å²) in [4.78, 5) is 91.0. The number of carbonyl (C=O) groups is 2. The number of fused-ring (bicyclic) bond motifs is 40. The quantitative estimate of drug-likeness (QED) is 0.0882. The van der Waals surface area contributed by atoms with Crippen molar-refractivity contribution < 1.29 is 53.4 Å². The Kier molecular flexibility index (Phi) is 17.1. The molecule has 2 unspecified atom stereocenters. The zero-order valence-corrected chi connectivity index (χ0v) is 60.2. The molecular weight excluding hydrogens is 1490 g/mol. The van der Waals surface area contributed by atoms with Crippen LogP contribution in [0.25, 0.3) is 179 Å². The molecule has 10 aromatic carbocycles.